The summed E-state index contributed by atoms with van der Waals surface area (Å²) >= 11 is 7.67. The third kappa shape index (κ3) is 6.07. The minimum atomic E-state index is -0.893. The van der Waals surface area contributed by atoms with Crippen LogP contribution < -0.4 is 25.8 Å². The van der Waals surface area contributed by atoms with Crippen LogP contribution in [0.3, 0.4) is 0 Å². The number of thiazole rings is 1. The first kappa shape index (κ1) is 27.3. The molecule has 5 aromatic rings. The molecule has 1 aliphatic heterocycles. The van der Waals surface area contributed by atoms with Gasteiger partial charge in [0.15, 0.2) is 16.6 Å². The number of halogens is 1. The van der Waals surface area contributed by atoms with Crippen molar-refractivity contribution >= 4 is 45.6 Å². The van der Waals surface area contributed by atoms with Crippen molar-refractivity contribution < 1.29 is 19.1 Å². The van der Waals surface area contributed by atoms with E-state index in [4.69, 9.17) is 31.8 Å². The summed E-state index contributed by atoms with van der Waals surface area (Å²) in [5.41, 5.74) is 10.5. The topological polar surface area (TPSA) is 116 Å². The molecule has 42 heavy (non-hydrogen) atoms. The van der Waals surface area contributed by atoms with Crippen molar-refractivity contribution in [1.29, 1.82) is 0 Å². The van der Waals surface area contributed by atoms with Crippen LogP contribution in [0.25, 0.3) is 21.7 Å². The molecule has 0 saturated carbocycles. The second-order valence-electron chi connectivity index (χ2n) is 9.59. The highest BCUT2D eigenvalue weighted by Crippen LogP contribution is 2.40. The highest BCUT2D eigenvalue weighted by atomic mass is 35.5. The van der Waals surface area contributed by atoms with Crippen LogP contribution in [-0.2, 0) is 11.2 Å². The molecule has 0 spiro atoms. The van der Waals surface area contributed by atoms with E-state index in [1.54, 1.807) is 29.5 Å². The summed E-state index contributed by atoms with van der Waals surface area (Å²) in [6.45, 7) is 0.107. The monoisotopic (exact) mass is 596 g/mol. The van der Waals surface area contributed by atoms with Crippen LogP contribution in [0.5, 0.6) is 11.5 Å². The number of hydrogen-bond acceptors (Lipinski definition) is 7. The summed E-state index contributed by atoms with van der Waals surface area (Å²) in [4.78, 5) is 30.9. The first-order valence-corrected chi connectivity index (χ1v) is 14.3. The Bertz CT molecular complexity index is 1740. The van der Waals surface area contributed by atoms with Crippen LogP contribution >= 0.6 is 22.9 Å². The standard InChI is InChI=1S/C32H25ClN4O4S/c33-23-11-8-20(9-12-23)28-29(21-4-2-1-3-5-21)42-32(37-28)35-24-13-6-19(7-14-24)16-25(30(34)38)36-31(39)22-10-15-26-27(17-22)41-18-40-26/h1-15,17,25H,16,18H2,(H2,34,38)(H,35,37)(H,36,39)/t25-/m1/s1. The number of anilines is 2. The second-order valence-corrected chi connectivity index (χ2v) is 11.0. The number of carbonyl (C=O) groups is 2. The molecule has 2 heterocycles. The van der Waals surface area contributed by atoms with Gasteiger partial charge in [0.2, 0.25) is 12.7 Å². The van der Waals surface area contributed by atoms with E-state index in [9.17, 15) is 9.59 Å². The van der Waals surface area contributed by atoms with Crippen molar-refractivity contribution in [2.45, 2.75) is 12.5 Å². The number of ether oxygens (including phenoxy) is 2. The van der Waals surface area contributed by atoms with E-state index in [2.05, 4.69) is 22.8 Å². The lowest BCUT2D eigenvalue weighted by Crippen LogP contribution is -2.45. The number of nitrogens with zero attached hydrogens (tertiary/aromatic N) is 1. The van der Waals surface area contributed by atoms with E-state index in [1.165, 1.54) is 0 Å². The highest BCUT2D eigenvalue weighted by molar-refractivity contribution is 7.19. The molecule has 210 valence electrons. The quantitative estimate of drug-likeness (QED) is 0.181. The maximum Gasteiger partial charge on any atom is 0.252 e. The molecule has 2 amide bonds. The van der Waals surface area contributed by atoms with Gasteiger partial charge in [0.1, 0.15) is 6.04 Å². The van der Waals surface area contributed by atoms with Crippen molar-refractivity contribution in [3.8, 4) is 33.2 Å². The fraction of sp³-hybridized carbons (Fsp3) is 0.0938. The zero-order chi connectivity index (χ0) is 29.1. The van der Waals surface area contributed by atoms with E-state index in [0.29, 0.717) is 22.1 Å². The Morgan fingerprint density at radius 2 is 1.64 bits per heavy atom. The van der Waals surface area contributed by atoms with E-state index < -0.39 is 17.9 Å². The summed E-state index contributed by atoms with van der Waals surface area (Å²) in [6.07, 6.45) is 0.238. The number of nitrogens with one attached hydrogen (secondary N) is 2. The highest BCUT2D eigenvalue weighted by Gasteiger charge is 2.22. The zero-order valence-electron chi connectivity index (χ0n) is 22.2. The van der Waals surface area contributed by atoms with Crippen LogP contribution in [0.2, 0.25) is 5.02 Å². The fourth-order valence-corrected chi connectivity index (χ4v) is 5.69. The van der Waals surface area contributed by atoms with Crippen LogP contribution in [0.1, 0.15) is 15.9 Å². The van der Waals surface area contributed by atoms with E-state index in [0.717, 1.165) is 38.1 Å². The van der Waals surface area contributed by atoms with Gasteiger partial charge in [-0.2, -0.15) is 0 Å². The normalized spacial score (nSPS) is 12.5. The minimum Gasteiger partial charge on any atom is -0.454 e. The number of nitrogens with two attached hydrogens (primary N) is 1. The molecule has 10 heteroatoms. The number of hydrogen-bond donors (Lipinski definition) is 3. The SMILES string of the molecule is NC(=O)[C@@H](Cc1ccc(Nc2nc(-c3ccc(Cl)cc3)c(-c3ccccc3)s2)cc1)NC(=O)c1ccc2c(c1)OCO2. The van der Waals surface area contributed by atoms with Crippen molar-refractivity contribution in [1.82, 2.24) is 10.3 Å². The van der Waals surface area contributed by atoms with Gasteiger partial charge in [-0.25, -0.2) is 4.98 Å². The van der Waals surface area contributed by atoms with Gasteiger partial charge in [0.05, 0.1) is 10.6 Å². The molecule has 8 nitrogen and oxygen atoms in total. The predicted octanol–water partition coefficient (Wildman–Crippen LogP) is 6.43. The Morgan fingerprint density at radius 3 is 2.38 bits per heavy atom. The summed E-state index contributed by atoms with van der Waals surface area (Å²) < 4.78 is 10.6. The molecule has 1 aliphatic rings. The van der Waals surface area contributed by atoms with E-state index >= 15 is 0 Å². The largest absolute Gasteiger partial charge is 0.454 e. The Kier molecular flexibility index (Phi) is 7.76. The zero-order valence-corrected chi connectivity index (χ0v) is 23.7. The lowest BCUT2D eigenvalue weighted by molar-refractivity contribution is -0.119. The number of rotatable bonds is 9. The lowest BCUT2D eigenvalue weighted by atomic mass is 10.0. The first-order chi connectivity index (χ1) is 20.4. The van der Waals surface area contributed by atoms with Gasteiger partial charge in [-0.15, -0.1) is 0 Å². The molecule has 0 bridgehead atoms. The average molecular weight is 597 g/mol. The third-order valence-electron chi connectivity index (χ3n) is 6.71. The van der Waals surface area contributed by atoms with Gasteiger partial charge >= 0.3 is 0 Å². The molecule has 0 radical (unpaired) electrons. The van der Waals surface area contributed by atoms with Crippen LogP contribution in [0.15, 0.2) is 97.1 Å². The fourth-order valence-electron chi connectivity index (χ4n) is 4.55. The van der Waals surface area contributed by atoms with Gasteiger partial charge in [-0.05, 0) is 53.6 Å². The van der Waals surface area contributed by atoms with Crippen molar-refractivity contribution in [2.24, 2.45) is 5.73 Å². The maximum absolute atomic E-state index is 12.8. The minimum absolute atomic E-state index is 0.107. The lowest BCUT2D eigenvalue weighted by Gasteiger charge is -2.16. The van der Waals surface area contributed by atoms with Crippen molar-refractivity contribution in [3.05, 3.63) is 113 Å². The third-order valence-corrected chi connectivity index (χ3v) is 7.98. The van der Waals surface area contributed by atoms with Gasteiger partial charge in [0.25, 0.3) is 5.91 Å². The molecule has 6 rings (SSSR count). The van der Waals surface area contributed by atoms with Gasteiger partial charge in [-0.3, -0.25) is 9.59 Å². The molecule has 4 N–H and O–H groups in total. The first-order valence-electron chi connectivity index (χ1n) is 13.1. The van der Waals surface area contributed by atoms with Gasteiger partial charge in [-0.1, -0.05) is 77.5 Å². The predicted molar refractivity (Wildman–Crippen MR) is 164 cm³/mol. The number of primary amides is 1. The summed E-state index contributed by atoms with van der Waals surface area (Å²) in [5, 5.41) is 7.52. The number of amides is 2. The van der Waals surface area contributed by atoms with Gasteiger partial charge < -0.3 is 25.8 Å². The number of fused-ring (bicyclic) bond motifs is 1. The molecular weight excluding hydrogens is 572 g/mol. The van der Waals surface area contributed by atoms with Crippen molar-refractivity contribution in [2.75, 3.05) is 12.1 Å². The van der Waals surface area contributed by atoms with Crippen LogP contribution in [0.4, 0.5) is 10.8 Å². The Balaban J connectivity index is 1.16. The Labute approximate surface area is 251 Å². The smallest absolute Gasteiger partial charge is 0.252 e. The molecule has 0 aliphatic carbocycles. The Hall–Kier alpha value is -4.86. The molecular formula is C32H25ClN4O4S. The molecule has 1 aromatic heterocycles. The van der Waals surface area contributed by atoms with E-state index in [-0.39, 0.29) is 13.2 Å². The number of benzene rings is 4. The average Bonchev–Trinajstić information content (AvgIpc) is 3.65. The van der Waals surface area contributed by atoms with Gasteiger partial charge in [0, 0.05) is 28.3 Å². The molecule has 1 atom stereocenters. The molecule has 4 aromatic carbocycles. The summed E-state index contributed by atoms with van der Waals surface area (Å²) in [5.74, 6) is 0.00170. The van der Waals surface area contributed by atoms with Crippen LogP contribution in [0, 0.1) is 0 Å². The van der Waals surface area contributed by atoms with Crippen molar-refractivity contribution in [3.63, 3.8) is 0 Å². The summed E-state index contributed by atoms with van der Waals surface area (Å²) in [6, 6.07) is 29.3. The summed E-state index contributed by atoms with van der Waals surface area (Å²) in [7, 11) is 0. The Morgan fingerprint density at radius 1 is 0.905 bits per heavy atom. The number of carbonyl (C=O) groups excluding carboxylic acids is 2. The molecule has 0 unspecified atom stereocenters. The maximum atomic E-state index is 12.8. The second kappa shape index (κ2) is 11.9. The molecule has 0 saturated heterocycles. The molecule has 0 fully saturated rings. The van der Waals surface area contributed by atoms with E-state index in [1.807, 2.05) is 66.7 Å². The number of aromatic nitrogens is 1. The van der Waals surface area contributed by atoms with Crippen LogP contribution in [-0.4, -0.2) is 29.6 Å².